The van der Waals surface area contributed by atoms with Gasteiger partial charge in [-0.1, -0.05) is 0 Å². The molecule has 0 aromatic rings. The first-order chi connectivity index (χ1) is 8.97. The van der Waals surface area contributed by atoms with Crippen molar-refractivity contribution in [3.05, 3.63) is 0 Å². The van der Waals surface area contributed by atoms with Crippen molar-refractivity contribution in [2.45, 2.75) is 77.7 Å². The SMILES string of the molecule is CC(C)NC(C)(C#N)CCN1CC(C)(C)OC(C)(C)C1. The first-order valence-electron chi connectivity index (χ1n) is 7.58. The highest BCUT2D eigenvalue weighted by atomic mass is 16.5. The molecule has 1 atom stereocenters. The molecule has 1 unspecified atom stereocenters. The number of rotatable bonds is 5. The molecule has 1 aliphatic heterocycles. The van der Waals surface area contributed by atoms with Crippen LogP contribution in [0.25, 0.3) is 0 Å². The number of ether oxygens (including phenoxy) is 1. The summed E-state index contributed by atoms with van der Waals surface area (Å²) in [5.41, 5.74) is -0.715. The van der Waals surface area contributed by atoms with Gasteiger partial charge in [0.25, 0.3) is 0 Å². The Labute approximate surface area is 124 Å². The van der Waals surface area contributed by atoms with Crippen molar-refractivity contribution in [1.82, 2.24) is 10.2 Å². The van der Waals surface area contributed by atoms with Crippen LogP contribution in [0, 0.1) is 11.3 Å². The Morgan fingerprint density at radius 2 is 1.75 bits per heavy atom. The van der Waals surface area contributed by atoms with Gasteiger partial charge in [-0.05, 0) is 54.9 Å². The van der Waals surface area contributed by atoms with Crippen LogP contribution >= 0.6 is 0 Å². The third-order valence-corrected chi connectivity index (χ3v) is 3.54. The van der Waals surface area contributed by atoms with E-state index in [2.05, 4.69) is 57.8 Å². The van der Waals surface area contributed by atoms with Crippen molar-refractivity contribution in [2.24, 2.45) is 0 Å². The highest BCUT2D eigenvalue weighted by Gasteiger charge is 2.38. The molecule has 0 aromatic heterocycles. The van der Waals surface area contributed by atoms with Gasteiger partial charge in [-0.2, -0.15) is 5.26 Å². The minimum atomic E-state index is -0.458. The molecule has 1 fully saturated rings. The number of nitriles is 1. The molecule has 116 valence electrons. The lowest BCUT2D eigenvalue weighted by atomic mass is 9.95. The molecular weight excluding hydrogens is 250 g/mol. The Kier molecular flexibility index (Phi) is 5.23. The van der Waals surface area contributed by atoms with Gasteiger partial charge in [0.05, 0.1) is 17.3 Å². The monoisotopic (exact) mass is 281 g/mol. The highest BCUT2D eigenvalue weighted by Crippen LogP contribution is 2.28. The van der Waals surface area contributed by atoms with Gasteiger partial charge in [0.2, 0.25) is 0 Å². The molecule has 0 saturated carbocycles. The van der Waals surface area contributed by atoms with Gasteiger partial charge in [-0.25, -0.2) is 0 Å². The second-order valence-corrected chi connectivity index (χ2v) is 7.83. The Morgan fingerprint density at radius 1 is 1.25 bits per heavy atom. The van der Waals surface area contributed by atoms with E-state index in [1.807, 2.05) is 6.92 Å². The number of nitrogens with zero attached hydrogens (tertiary/aromatic N) is 2. The van der Waals surface area contributed by atoms with E-state index in [1.54, 1.807) is 0 Å². The van der Waals surface area contributed by atoms with Gasteiger partial charge < -0.3 is 4.74 Å². The van der Waals surface area contributed by atoms with Crippen LogP contribution in [0.15, 0.2) is 0 Å². The molecule has 1 rings (SSSR count). The lowest BCUT2D eigenvalue weighted by Gasteiger charge is -2.47. The summed E-state index contributed by atoms with van der Waals surface area (Å²) in [7, 11) is 0. The van der Waals surface area contributed by atoms with Crippen molar-refractivity contribution in [3.63, 3.8) is 0 Å². The fraction of sp³-hybridized carbons (Fsp3) is 0.938. The Bertz CT molecular complexity index is 354. The summed E-state index contributed by atoms with van der Waals surface area (Å²) in [5, 5.41) is 12.8. The first-order valence-corrected chi connectivity index (χ1v) is 7.58. The number of hydrogen-bond donors (Lipinski definition) is 1. The van der Waals surface area contributed by atoms with Crippen LogP contribution in [-0.4, -0.2) is 47.3 Å². The Morgan fingerprint density at radius 3 is 2.15 bits per heavy atom. The van der Waals surface area contributed by atoms with Crippen LogP contribution in [0.2, 0.25) is 0 Å². The minimum absolute atomic E-state index is 0.129. The van der Waals surface area contributed by atoms with Gasteiger partial charge in [0.1, 0.15) is 5.54 Å². The molecule has 0 aliphatic carbocycles. The average molecular weight is 281 g/mol. The minimum Gasteiger partial charge on any atom is -0.367 e. The van der Waals surface area contributed by atoms with Gasteiger partial charge in [0.15, 0.2) is 0 Å². The van der Waals surface area contributed by atoms with Crippen LogP contribution in [0.5, 0.6) is 0 Å². The van der Waals surface area contributed by atoms with E-state index >= 15 is 0 Å². The largest absolute Gasteiger partial charge is 0.367 e. The van der Waals surface area contributed by atoms with E-state index in [0.29, 0.717) is 6.04 Å². The quantitative estimate of drug-likeness (QED) is 0.841. The summed E-state index contributed by atoms with van der Waals surface area (Å²) < 4.78 is 6.09. The first kappa shape index (κ1) is 17.4. The molecule has 1 heterocycles. The van der Waals surface area contributed by atoms with Crippen LogP contribution in [-0.2, 0) is 4.74 Å². The van der Waals surface area contributed by atoms with E-state index in [0.717, 1.165) is 26.1 Å². The predicted octanol–water partition coefficient (Wildman–Crippen LogP) is 2.55. The smallest absolute Gasteiger partial charge is 0.105 e. The standard InChI is InChI=1S/C16H31N3O/c1-13(2)18-16(7,10-17)8-9-19-11-14(3,4)20-15(5,6)12-19/h13,18H,8-9,11-12H2,1-7H3. The van der Waals surface area contributed by atoms with Gasteiger partial charge in [-0.15, -0.1) is 0 Å². The average Bonchev–Trinajstić information content (AvgIpc) is 2.21. The summed E-state index contributed by atoms with van der Waals surface area (Å²) in [5.74, 6) is 0. The van der Waals surface area contributed by atoms with Crippen LogP contribution in [0.3, 0.4) is 0 Å². The normalized spacial score (nSPS) is 25.1. The van der Waals surface area contributed by atoms with Crippen LogP contribution < -0.4 is 5.32 Å². The fourth-order valence-corrected chi connectivity index (χ4v) is 3.28. The van der Waals surface area contributed by atoms with Crippen molar-refractivity contribution >= 4 is 0 Å². The summed E-state index contributed by atoms with van der Waals surface area (Å²) >= 11 is 0. The molecule has 1 aliphatic rings. The van der Waals surface area contributed by atoms with E-state index in [4.69, 9.17) is 4.74 Å². The van der Waals surface area contributed by atoms with Crippen LogP contribution in [0.1, 0.15) is 54.9 Å². The topological polar surface area (TPSA) is 48.3 Å². The second-order valence-electron chi connectivity index (χ2n) is 7.83. The highest BCUT2D eigenvalue weighted by molar-refractivity contribution is 5.05. The molecule has 0 bridgehead atoms. The molecule has 0 radical (unpaired) electrons. The van der Waals surface area contributed by atoms with E-state index < -0.39 is 5.54 Å². The van der Waals surface area contributed by atoms with Crippen LogP contribution in [0.4, 0.5) is 0 Å². The maximum atomic E-state index is 9.41. The number of morpholine rings is 1. The van der Waals surface area contributed by atoms with Gasteiger partial charge >= 0.3 is 0 Å². The zero-order valence-corrected chi connectivity index (χ0v) is 14.2. The second kappa shape index (κ2) is 6.01. The molecule has 20 heavy (non-hydrogen) atoms. The molecule has 1 saturated heterocycles. The van der Waals surface area contributed by atoms with Gasteiger partial charge in [0, 0.05) is 25.7 Å². The third kappa shape index (κ3) is 5.40. The Balaban J connectivity index is 2.62. The number of nitrogens with one attached hydrogen (secondary N) is 1. The zero-order valence-electron chi connectivity index (χ0n) is 14.2. The molecule has 4 heteroatoms. The maximum Gasteiger partial charge on any atom is 0.105 e. The van der Waals surface area contributed by atoms with E-state index in [1.165, 1.54) is 0 Å². The lowest BCUT2D eigenvalue weighted by Crippen LogP contribution is -2.58. The molecule has 0 amide bonds. The summed E-state index contributed by atoms with van der Waals surface area (Å²) in [4.78, 5) is 2.42. The summed E-state index contributed by atoms with van der Waals surface area (Å²) in [6.45, 7) is 17.4. The predicted molar refractivity (Wildman–Crippen MR) is 82.6 cm³/mol. The Hall–Kier alpha value is -0.630. The molecule has 1 N–H and O–H groups in total. The van der Waals surface area contributed by atoms with Crippen molar-refractivity contribution < 1.29 is 4.74 Å². The molecule has 0 aromatic carbocycles. The maximum absolute atomic E-state index is 9.41. The van der Waals surface area contributed by atoms with Crippen molar-refractivity contribution in [1.29, 1.82) is 5.26 Å². The summed E-state index contributed by atoms with van der Waals surface area (Å²) in [6.07, 6.45) is 0.827. The van der Waals surface area contributed by atoms with E-state index in [-0.39, 0.29) is 11.2 Å². The fourth-order valence-electron chi connectivity index (χ4n) is 3.28. The molecular formula is C16H31N3O. The lowest BCUT2D eigenvalue weighted by molar-refractivity contribution is -0.180. The third-order valence-electron chi connectivity index (χ3n) is 3.54. The number of hydrogen-bond acceptors (Lipinski definition) is 4. The van der Waals surface area contributed by atoms with Gasteiger partial charge in [-0.3, -0.25) is 10.2 Å². The van der Waals surface area contributed by atoms with E-state index in [9.17, 15) is 5.26 Å². The molecule has 4 nitrogen and oxygen atoms in total. The zero-order chi connectivity index (χ0) is 15.6. The molecule has 0 spiro atoms. The van der Waals surface area contributed by atoms with Crippen molar-refractivity contribution in [3.8, 4) is 6.07 Å². The van der Waals surface area contributed by atoms with Crippen molar-refractivity contribution in [2.75, 3.05) is 19.6 Å². The summed E-state index contributed by atoms with van der Waals surface area (Å²) in [6, 6.07) is 2.74.